The zero-order valence-corrected chi connectivity index (χ0v) is 12.4. The topological polar surface area (TPSA) is 56.0 Å². The molecular weight excluding hydrogens is 266 g/mol. The van der Waals surface area contributed by atoms with Crippen LogP contribution in [0, 0.1) is 0 Å². The van der Waals surface area contributed by atoms with Gasteiger partial charge in [-0.1, -0.05) is 0 Å². The minimum atomic E-state index is 0.0844. The third-order valence-electron chi connectivity index (χ3n) is 4.30. The van der Waals surface area contributed by atoms with Crippen LogP contribution < -0.4 is 5.56 Å². The molecule has 21 heavy (non-hydrogen) atoms. The molecule has 0 aromatic carbocycles. The van der Waals surface area contributed by atoms with E-state index in [1.54, 1.807) is 30.3 Å². The second-order valence-electron chi connectivity index (χ2n) is 5.68. The second-order valence-corrected chi connectivity index (χ2v) is 5.68. The van der Waals surface area contributed by atoms with Crippen molar-refractivity contribution in [3.63, 3.8) is 0 Å². The van der Waals surface area contributed by atoms with E-state index in [-0.39, 0.29) is 5.56 Å². The average Bonchev–Trinajstić information content (AvgIpc) is 3.02. The molecule has 0 radical (unpaired) electrons. The van der Waals surface area contributed by atoms with Gasteiger partial charge >= 0.3 is 0 Å². The quantitative estimate of drug-likeness (QED) is 0.837. The number of hydrogen-bond acceptors (Lipinski definition) is 4. The van der Waals surface area contributed by atoms with Gasteiger partial charge in [0.25, 0.3) is 5.56 Å². The van der Waals surface area contributed by atoms with Crippen molar-refractivity contribution >= 4 is 0 Å². The van der Waals surface area contributed by atoms with E-state index in [1.165, 1.54) is 5.56 Å². The molecule has 1 fully saturated rings. The molecule has 1 saturated heterocycles. The van der Waals surface area contributed by atoms with E-state index < -0.39 is 0 Å². The molecular formula is C15H21N5O. The Labute approximate surface area is 124 Å². The molecule has 2 aromatic heterocycles. The first kappa shape index (κ1) is 14.0. The van der Waals surface area contributed by atoms with Gasteiger partial charge in [0.2, 0.25) is 0 Å². The van der Waals surface area contributed by atoms with Crippen molar-refractivity contribution in [1.29, 1.82) is 0 Å². The number of pyridine rings is 1. The van der Waals surface area contributed by atoms with E-state index in [0.717, 1.165) is 39.0 Å². The maximum absolute atomic E-state index is 11.7. The van der Waals surface area contributed by atoms with Gasteiger partial charge in [0, 0.05) is 25.9 Å². The summed E-state index contributed by atoms with van der Waals surface area (Å²) >= 11 is 0. The van der Waals surface area contributed by atoms with Crippen molar-refractivity contribution in [3.8, 4) is 0 Å². The van der Waals surface area contributed by atoms with Crippen LogP contribution in [0.15, 0.2) is 35.8 Å². The summed E-state index contributed by atoms with van der Waals surface area (Å²) in [5, 5.41) is 4.12. The molecule has 1 aliphatic rings. The molecule has 6 heteroatoms. The highest BCUT2D eigenvalue weighted by Gasteiger charge is 2.20. The molecule has 3 heterocycles. The minimum absolute atomic E-state index is 0.0844. The Bertz CT molecular complexity index is 626. The van der Waals surface area contributed by atoms with Crippen molar-refractivity contribution in [2.24, 2.45) is 7.05 Å². The van der Waals surface area contributed by atoms with E-state index in [1.807, 2.05) is 10.9 Å². The number of piperidine rings is 1. The van der Waals surface area contributed by atoms with Gasteiger partial charge in [0.05, 0.1) is 6.54 Å². The van der Waals surface area contributed by atoms with E-state index in [9.17, 15) is 4.79 Å². The number of likely N-dealkylation sites (tertiary alicyclic amines) is 1. The number of rotatable bonds is 4. The number of hydrogen-bond donors (Lipinski definition) is 0. The Balaban J connectivity index is 1.52. The molecule has 0 spiro atoms. The molecule has 0 saturated carbocycles. The van der Waals surface area contributed by atoms with Crippen LogP contribution >= 0.6 is 0 Å². The van der Waals surface area contributed by atoms with Crippen LogP contribution in [0.25, 0.3) is 0 Å². The molecule has 0 unspecified atom stereocenters. The van der Waals surface area contributed by atoms with E-state index in [4.69, 9.17) is 0 Å². The van der Waals surface area contributed by atoms with Gasteiger partial charge in [0.15, 0.2) is 0 Å². The SMILES string of the molecule is Cn1ccc(C2CCN(CCn3cncn3)CC2)cc1=O. The Morgan fingerprint density at radius 2 is 2.10 bits per heavy atom. The van der Waals surface area contributed by atoms with Crippen molar-refractivity contribution < 1.29 is 0 Å². The van der Waals surface area contributed by atoms with Gasteiger partial charge in [0.1, 0.15) is 12.7 Å². The molecule has 0 bridgehead atoms. The third-order valence-corrected chi connectivity index (χ3v) is 4.30. The maximum Gasteiger partial charge on any atom is 0.250 e. The first-order chi connectivity index (χ1) is 10.2. The van der Waals surface area contributed by atoms with Crippen LogP contribution in [0.2, 0.25) is 0 Å². The summed E-state index contributed by atoms with van der Waals surface area (Å²) in [5.74, 6) is 0.515. The normalized spacial score (nSPS) is 17.2. The van der Waals surface area contributed by atoms with E-state index >= 15 is 0 Å². The molecule has 0 aliphatic carbocycles. The first-order valence-corrected chi connectivity index (χ1v) is 7.44. The standard InChI is InChI=1S/C15H21N5O/c1-18-5-2-14(10-15(18)21)13-3-6-19(7-4-13)8-9-20-12-16-11-17-20/h2,5,10-13H,3-4,6-9H2,1H3. The number of aromatic nitrogens is 4. The van der Waals surface area contributed by atoms with Gasteiger partial charge in [-0.15, -0.1) is 0 Å². The number of nitrogens with zero attached hydrogens (tertiary/aromatic N) is 5. The minimum Gasteiger partial charge on any atom is -0.319 e. The molecule has 0 amide bonds. The lowest BCUT2D eigenvalue weighted by molar-refractivity contribution is 0.202. The molecule has 2 aromatic rings. The highest BCUT2D eigenvalue weighted by atomic mass is 16.1. The lowest BCUT2D eigenvalue weighted by Gasteiger charge is -2.32. The van der Waals surface area contributed by atoms with Gasteiger partial charge in [-0.05, 0) is 43.5 Å². The Kier molecular flexibility index (Phi) is 4.15. The lowest BCUT2D eigenvalue weighted by Crippen LogP contribution is -2.35. The fourth-order valence-corrected chi connectivity index (χ4v) is 2.90. The largest absolute Gasteiger partial charge is 0.319 e. The lowest BCUT2D eigenvalue weighted by atomic mass is 9.90. The molecule has 0 atom stereocenters. The monoisotopic (exact) mass is 287 g/mol. The molecule has 0 N–H and O–H groups in total. The van der Waals surface area contributed by atoms with Crippen LogP contribution in [0.5, 0.6) is 0 Å². The van der Waals surface area contributed by atoms with E-state index in [0.29, 0.717) is 5.92 Å². The highest BCUT2D eigenvalue weighted by Crippen LogP contribution is 2.26. The average molecular weight is 287 g/mol. The predicted molar refractivity (Wildman–Crippen MR) is 80.1 cm³/mol. The van der Waals surface area contributed by atoms with Gasteiger partial charge in [-0.25, -0.2) is 4.98 Å². The summed E-state index contributed by atoms with van der Waals surface area (Å²) in [6, 6.07) is 3.87. The fourth-order valence-electron chi connectivity index (χ4n) is 2.90. The molecule has 6 nitrogen and oxygen atoms in total. The Morgan fingerprint density at radius 3 is 2.76 bits per heavy atom. The van der Waals surface area contributed by atoms with Crippen LogP contribution in [-0.2, 0) is 13.6 Å². The maximum atomic E-state index is 11.7. The van der Waals surface area contributed by atoms with Crippen LogP contribution in [0.3, 0.4) is 0 Å². The van der Waals surface area contributed by atoms with Crippen molar-refractivity contribution in [2.75, 3.05) is 19.6 Å². The summed E-state index contributed by atoms with van der Waals surface area (Å²) in [5.41, 5.74) is 1.27. The number of aryl methyl sites for hydroxylation is 1. The van der Waals surface area contributed by atoms with Crippen LogP contribution in [-0.4, -0.2) is 43.9 Å². The molecule has 1 aliphatic heterocycles. The van der Waals surface area contributed by atoms with Crippen LogP contribution in [0.4, 0.5) is 0 Å². The fraction of sp³-hybridized carbons (Fsp3) is 0.533. The first-order valence-electron chi connectivity index (χ1n) is 7.44. The zero-order valence-electron chi connectivity index (χ0n) is 12.4. The summed E-state index contributed by atoms with van der Waals surface area (Å²) < 4.78 is 3.49. The van der Waals surface area contributed by atoms with Gasteiger partial charge in [-0.3, -0.25) is 9.48 Å². The highest BCUT2D eigenvalue weighted by molar-refractivity contribution is 5.17. The second kappa shape index (κ2) is 6.22. The predicted octanol–water partition coefficient (Wildman–Crippen LogP) is 0.856. The van der Waals surface area contributed by atoms with Gasteiger partial charge in [-0.2, -0.15) is 5.10 Å². The van der Waals surface area contributed by atoms with Gasteiger partial charge < -0.3 is 9.47 Å². The summed E-state index contributed by atoms with van der Waals surface area (Å²) in [4.78, 5) is 18.1. The molecule has 3 rings (SSSR count). The van der Waals surface area contributed by atoms with Crippen molar-refractivity contribution in [3.05, 3.63) is 46.9 Å². The van der Waals surface area contributed by atoms with Crippen LogP contribution in [0.1, 0.15) is 24.3 Å². The molecule has 112 valence electrons. The zero-order chi connectivity index (χ0) is 14.7. The third kappa shape index (κ3) is 3.39. The smallest absolute Gasteiger partial charge is 0.250 e. The van der Waals surface area contributed by atoms with E-state index in [2.05, 4.69) is 21.0 Å². The summed E-state index contributed by atoms with van der Waals surface area (Å²) in [7, 11) is 1.79. The summed E-state index contributed by atoms with van der Waals surface area (Å²) in [6.07, 6.45) is 7.43. The van der Waals surface area contributed by atoms with Crippen molar-refractivity contribution in [1.82, 2.24) is 24.2 Å². The van der Waals surface area contributed by atoms with Crippen molar-refractivity contribution in [2.45, 2.75) is 25.3 Å². The summed E-state index contributed by atoms with van der Waals surface area (Å²) in [6.45, 7) is 4.05. The Morgan fingerprint density at radius 1 is 1.29 bits per heavy atom. The Hall–Kier alpha value is -1.95.